The number of benzene rings is 1. The smallest absolute Gasteiger partial charge is 0.214 e. The number of ketones is 1. The molecular weight excluding hydrogens is 310 g/mol. The van der Waals surface area contributed by atoms with E-state index in [2.05, 4.69) is 30.7 Å². The standard InChI is InChI=1S/C22H25NO2/c1-16(2)25-21-14-19(12-13-23-21)7-6-18-8-10-20(11-9-18)22(4,5)15-17(3)24/h8-14,16H,15H2,1-5H3. The van der Waals surface area contributed by atoms with E-state index < -0.39 is 0 Å². The molecule has 0 fully saturated rings. The van der Waals surface area contributed by atoms with Gasteiger partial charge in [-0.1, -0.05) is 37.8 Å². The summed E-state index contributed by atoms with van der Waals surface area (Å²) in [5.74, 6) is 7.09. The SMILES string of the molecule is CC(=O)CC(C)(C)c1ccc(C#Cc2ccnc(OC(C)C)c2)cc1. The van der Waals surface area contributed by atoms with Crippen LogP contribution in [0.4, 0.5) is 0 Å². The lowest BCUT2D eigenvalue weighted by molar-refractivity contribution is -0.118. The van der Waals surface area contributed by atoms with E-state index in [1.54, 1.807) is 13.1 Å². The molecule has 2 aromatic rings. The molecule has 0 unspecified atom stereocenters. The molecule has 1 aromatic heterocycles. The first-order valence-corrected chi connectivity index (χ1v) is 8.51. The molecular formula is C22H25NO2. The van der Waals surface area contributed by atoms with Gasteiger partial charge in [0.15, 0.2) is 0 Å². The quantitative estimate of drug-likeness (QED) is 0.754. The maximum absolute atomic E-state index is 11.4. The lowest BCUT2D eigenvalue weighted by atomic mass is 9.80. The summed E-state index contributed by atoms with van der Waals surface area (Å²) in [5.41, 5.74) is 2.79. The van der Waals surface area contributed by atoms with Crippen LogP contribution in [0, 0.1) is 11.8 Å². The summed E-state index contributed by atoms with van der Waals surface area (Å²) in [5, 5.41) is 0. The summed E-state index contributed by atoms with van der Waals surface area (Å²) in [6, 6.07) is 11.8. The van der Waals surface area contributed by atoms with Gasteiger partial charge in [0, 0.05) is 29.8 Å². The number of nitrogens with zero attached hydrogens (tertiary/aromatic N) is 1. The van der Waals surface area contributed by atoms with Crippen LogP contribution in [-0.2, 0) is 10.2 Å². The molecule has 3 nitrogen and oxygen atoms in total. The van der Waals surface area contributed by atoms with Crippen LogP contribution in [0.5, 0.6) is 5.88 Å². The Morgan fingerprint density at radius 1 is 1.12 bits per heavy atom. The van der Waals surface area contributed by atoms with Crippen molar-refractivity contribution in [3.63, 3.8) is 0 Å². The van der Waals surface area contributed by atoms with Gasteiger partial charge in [-0.15, -0.1) is 0 Å². The van der Waals surface area contributed by atoms with Crippen LogP contribution < -0.4 is 4.74 Å². The number of hydrogen-bond donors (Lipinski definition) is 0. The van der Waals surface area contributed by atoms with Crippen LogP contribution >= 0.6 is 0 Å². The van der Waals surface area contributed by atoms with E-state index in [9.17, 15) is 4.79 Å². The summed E-state index contributed by atoms with van der Waals surface area (Å²) >= 11 is 0. The molecule has 0 saturated carbocycles. The Bertz CT molecular complexity index is 793. The van der Waals surface area contributed by atoms with E-state index in [0.717, 1.165) is 16.7 Å². The monoisotopic (exact) mass is 335 g/mol. The predicted octanol–water partition coefficient (Wildman–Crippen LogP) is 4.53. The van der Waals surface area contributed by atoms with E-state index in [4.69, 9.17) is 4.74 Å². The van der Waals surface area contributed by atoms with Gasteiger partial charge < -0.3 is 4.74 Å². The number of carbonyl (C=O) groups excluding carboxylic acids is 1. The molecule has 1 aromatic carbocycles. The van der Waals surface area contributed by atoms with Crippen molar-refractivity contribution in [1.29, 1.82) is 0 Å². The Morgan fingerprint density at radius 2 is 1.76 bits per heavy atom. The molecule has 130 valence electrons. The Labute approximate surface area is 150 Å². The second kappa shape index (κ2) is 7.98. The number of rotatable bonds is 5. The van der Waals surface area contributed by atoms with Crippen LogP contribution in [0.1, 0.15) is 57.7 Å². The third-order valence-corrected chi connectivity index (χ3v) is 3.80. The molecule has 0 N–H and O–H groups in total. The molecule has 25 heavy (non-hydrogen) atoms. The average molecular weight is 335 g/mol. The molecule has 0 bridgehead atoms. The lowest BCUT2D eigenvalue weighted by Gasteiger charge is -2.23. The molecule has 0 amide bonds. The van der Waals surface area contributed by atoms with Crippen molar-refractivity contribution in [3.8, 4) is 17.7 Å². The minimum absolute atomic E-state index is 0.0848. The number of Topliss-reactive ketones (excluding diaryl/α,β-unsaturated/α-hetero) is 1. The van der Waals surface area contributed by atoms with Gasteiger partial charge in [0.05, 0.1) is 6.10 Å². The Balaban J connectivity index is 2.15. The molecule has 0 aliphatic heterocycles. The fraction of sp³-hybridized carbons (Fsp3) is 0.364. The van der Waals surface area contributed by atoms with Crippen molar-refractivity contribution in [1.82, 2.24) is 4.98 Å². The van der Waals surface area contributed by atoms with Gasteiger partial charge in [-0.3, -0.25) is 4.79 Å². The van der Waals surface area contributed by atoms with E-state index >= 15 is 0 Å². The normalized spacial score (nSPS) is 11.0. The third-order valence-electron chi connectivity index (χ3n) is 3.80. The molecule has 0 atom stereocenters. The van der Waals surface area contributed by atoms with Gasteiger partial charge in [0.25, 0.3) is 0 Å². The zero-order valence-electron chi connectivity index (χ0n) is 15.6. The maximum atomic E-state index is 11.4. The van der Waals surface area contributed by atoms with Gasteiger partial charge in [0.1, 0.15) is 5.78 Å². The first-order chi connectivity index (χ1) is 11.8. The van der Waals surface area contributed by atoms with Crippen molar-refractivity contribution < 1.29 is 9.53 Å². The Morgan fingerprint density at radius 3 is 2.36 bits per heavy atom. The number of ether oxygens (including phenoxy) is 1. The average Bonchev–Trinajstić information content (AvgIpc) is 2.52. The van der Waals surface area contributed by atoms with Gasteiger partial charge >= 0.3 is 0 Å². The molecule has 0 aliphatic carbocycles. The van der Waals surface area contributed by atoms with Crippen molar-refractivity contribution in [2.24, 2.45) is 0 Å². The second-order valence-corrected chi connectivity index (χ2v) is 7.14. The van der Waals surface area contributed by atoms with E-state index in [0.29, 0.717) is 12.3 Å². The molecule has 1 heterocycles. The van der Waals surface area contributed by atoms with Gasteiger partial charge in [-0.05, 0) is 49.9 Å². The van der Waals surface area contributed by atoms with Gasteiger partial charge in [-0.2, -0.15) is 0 Å². The minimum atomic E-state index is -0.161. The van der Waals surface area contributed by atoms with Crippen molar-refractivity contribution in [3.05, 3.63) is 59.3 Å². The first-order valence-electron chi connectivity index (χ1n) is 8.51. The minimum Gasteiger partial charge on any atom is -0.475 e. The van der Waals surface area contributed by atoms with Crippen LogP contribution in [-0.4, -0.2) is 16.9 Å². The summed E-state index contributed by atoms with van der Waals surface area (Å²) in [6.45, 7) is 9.74. The summed E-state index contributed by atoms with van der Waals surface area (Å²) in [6.07, 6.45) is 2.32. The van der Waals surface area contributed by atoms with Crippen LogP contribution in [0.3, 0.4) is 0 Å². The first kappa shape index (κ1) is 18.7. The van der Waals surface area contributed by atoms with E-state index in [-0.39, 0.29) is 17.3 Å². The second-order valence-electron chi connectivity index (χ2n) is 7.14. The highest BCUT2D eigenvalue weighted by Gasteiger charge is 2.22. The Kier molecular flexibility index (Phi) is 5.98. The molecule has 0 radical (unpaired) electrons. The van der Waals surface area contributed by atoms with Gasteiger partial charge in [0.2, 0.25) is 5.88 Å². The molecule has 0 saturated heterocycles. The van der Waals surface area contributed by atoms with Gasteiger partial charge in [-0.25, -0.2) is 4.98 Å². The van der Waals surface area contributed by atoms with Crippen LogP contribution in [0.2, 0.25) is 0 Å². The largest absolute Gasteiger partial charge is 0.475 e. The highest BCUT2D eigenvalue weighted by molar-refractivity contribution is 5.77. The molecule has 0 aliphatic rings. The molecule has 2 rings (SSSR count). The highest BCUT2D eigenvalue weighted by Crippen LogP contribution is 2.27. The number of pyridine rings is 1. The maximum Gasteiger partial charge on any atom is 0.214 e. The Hall–Kier alpha value is -2.60. The summed E-state index contributed by atoms with van der Waals surface area (Å²) < 4.78 is 5.59. The van der Waals surface area contributed by atoms with Crippen molar-refractivity contribution >= 4 is 5.78 Å². The van der Waals surface area contributed by atoms with E-state index in [1.165, 1.54) is 0 Å². The lowest BCUT2D eigenvalue weighted by Crippen LogP contribution is -2.20. The zero-order valence-corrected chi connectivity index (χ0v) is 15.6. The number of hydrogen-bond acceptors (Lipinski definition) is 3. The number of aromatic nitrogens is 1. The van der Waals surface area contributed by atoms with Crippen LogP contribution in [0.25, 0.3) is 0 Å². The topological polar surface area (TPSA) is 39.2 Å². The third kappa shape index (κ3) is 5.76. The fourth-order valence-electron chi connectivity index (χ4n) is 2.67. The fourth-order valence-corrected chi connectivity index (χ4v) is 2.67. The summed E-state index contributed by atoms with van der Waals surface area (Å²) in [4.78, 5) is 15.6. The predicted molar refractivity (Wildman–Crippen MR) is 101 cm³/mol. The van der Waals surface area contributed by atoms with Crippen molar-refractivity contribution in [2.45, 2.75) is 52.6 Å². The zero-order chi connectivity index (χ0) is 18.4. The van der Waals surface area contributed by atoms with Crippen molar-refractivity contribution in [2.75, 3.05) is 0 Å². The number of carbonyl (C=O) groups is 1. The van der Waals surface area contributed by atoms with Crippen LogP contribution in [0.15, 0.2) is 42.6 Å². The molecule has 0 spiro atoms. The molecule has 3 heteroatoms. The van der Waals surface area contributed by atoms with E-state index in [1.807, 2.05) is 50.2 Å². The highest BCUT2D eigenvalue weighted by atomic mass is 16.5. The summed E-state index contributed by atoms with van der Waals surface area (Å²) in [7, 11) is 0.